The van der Waals surface area contributed by atoms with E-state index in [2.05, 4.69) is 5.32 Å². The summed E-state index contributed by atoms with van der Waals surface area (Å²) in [6.07, 6.45) is 0. The van der Waals surface area contributed by atoms with Crippen molar-refractivity contribution in [3.05, 3.63) is 34.9 Å². The zero-order valence-corrected chi connectivity index (χ0v) is 12.4. The Morgan fingerprint density at radius 3 is 2.72 bits per heavy atom. The molecule has 0 bridgehead atoms. The zero-order valence-electron chi connectivity index (χ0n) is 10.8. The average Bonchev–Trinajstić information content (AvgIpc) is 2.39. The molecule has 1 aromatic rings. The van der Waals surface area contributed by atoms with Crippen LogP contribution >= 0.6 is 23.4 Å². The summed E-state index contributed by atoms with van der Waals surface area (Å²) in [4.78, 5) is 11.6. The maximum absolute atomic E-state index is 11.6. The molecule has 0 aromatic heterocycles. The van der Waals surface area contributed by atoms with Crippen LogP contribution in [-0.2, 0) is 15.3 Å². The molecule has 0 heterocycles. The number of hydrogen-bond acceptors (Lipinski definition) is 4. The van der Waals surface area contributed by atoms with Gasteiger partial charge in [0.1, 0.15) is 5.54 Å². The van der Waals surface area contributed by atoms with Crippen molar-refractivity contribution in [3.63, 3.8) is 0 Å². The fourth-order valence-electron chi connectivity index (χ4n) is 1.44. The molecule has 0 radical (unpaired) electrons. The Kier molecular flexibility index (Phi) is 5.99. The van der Waals surface area contributed by atoms with Gasteiger partial charge in [-0.25, -0.2) is 0 Å². The molecule has 1 N–H and O–H groups in total. The molecule has 5 heteroatoms. The second-order valence-electron chi connectivity index (χ2n) is 4.16. The molecule has 1 unspecified atom stereocenters. The predicted molar refractivity (Wildman–Crippen MR) is 77.1 cm³/mol. The lowest BCUT2D eigenvalue weighted by Crippen LogP contribution is -2.50. The Morgan fingerprint density at radius 1 is 1.50 bits per heavy atom. The molecule has 0 amide bonds. The Labute approximate surface area is 117 Å². The Morgan fingerprint density at radius 2 is 2.17 bits per heavy atom. The lowest BCUT2D eigenvalue weighted by atomic mass is 10.1. The highest BCUT2D eigenvalue weighted by Crippen LogP contribution is 2.23. The van der Waals surface area contributed by atoms with Crippen LogP contribution in [0.5, 0.6) is 0 Å². The standard InChI is InChI=1S/C13H18ClNO2S/c1-13(15-2,12(16)17-3)9-18-8-10-6-4-5-7-11(10)14/h4-7,15H,8-9H2,1-3H3. The molecule has 0 fully saturated rings. The number of esters is 1. The lowest BCUT2D eigenvalue weighted by Gasteiger charge is -2.25. The predicted octanol–water partition coefficient (Wildman–Crippen LogP) is 2.72. The smallest absolute Gasteiger partial charge is 0.326 e. The number of rotatable bonds is 6. The third-order valence-corrected chi connectivity index (χ3v) is 4.46. The van der Waals surface area contributed by atoms with Gasteiger partial charge < -0.3 is 10.1 Å². The zero-order chi connectivity index (χ0) is 13.6. The highest BCUT2D eigenvalue weighted by molar-refractivity contribution is 7.98. The largest absolute Gasteiger partial charge is 0.468 e. The molecule has 0 saturated carbocycles. The summed E-state index contributed by atoms with van der Waals surface area (Å²) in [7, 11) is 3.16. The van der Waals surface area contributed by atoms with Crippen LogP contribution in [0.3, 0.4) is 0 Å². The highest BCUT2D eigenvalue weighted by atomic mass is 35.5. The number of halogens is 1. The van der Waals surface area contributed by atoms with Crippen LogP contribution in [0, 0.1) is 0 Å². The molecular formula is C13H18ClNO2S. The van der Waals surface area contributed by atoms with E-state index in [9.17, 15) is 4.79 Å². The maximum atomic E-state index is 11.6. The Bertz CT molecular complexity index is 414. The van der Waals surface area contributed by atoms with Gasteiger partial charge in [-0.3, -0.25) is 4.79 Å². The third kappa shape index (κ3) is 3.90. The van der Waals surface area contributed by atoms with Crippen LogP contribution in [0.25, 0.3) is 0 Å². The molecule has 3 nitrogen and oxygen atoms in total. The molecule has 1 rings (SSSR count). The molecule has 0 aliphatic carbocycles. The van der Waals surface area contributed by atoms with Crippen molar-refractivity contribution in [2.75, 3.05) is 19.9 Å². The number of hydrogen-bond donors (Lipinski definition) is 1. The second-order valence-corrected chi connectivity index (χ2v) is 5.55. The molecular weight excluding hydrogens is 270 g/mol. The van der Waals surface area contributed by atoms with Crippen molar-refractivity contribution in [1.29, 1.82) is 0 Å². The fourth-order valence-corrected chi connectivity index (χ4v) is 2.96. The van der Waals surface area contributed by atoms with Gasteiger partial charge in [0.2, 0.25) is 0 Å². The van der Waals surface area contributed by atoms with Gasteiger partial charge in [0.05, 0.1) is 7.11 Å². The van der Waals surface area contributed by atoms with Gasteiger partial charge in [0, 0.05) is 16.5 Å². The topological polar surface area (TPSA) is 38.3 Å². The molecule has 0 spiro atoms. The van der Waals surface area contributed by atoms with E-state index in [0.29, 0.717) is 5.75 Å². The molecule has 1 aromatic carbocycles. The van der Waals surface area contributed by atoms with Crippen molar-refractivity contribution in [1.82, 2.24) is 5.32 Å². The summed E-state index contributed by atoms with van der Waals surface area (Å²) >= 11 is 7.73. The average molecular weight is 288 g/mol. The van der Waals surface area contributed by atoms with Crippen molar-refractivity contribution in [2.24, 2.45) is 0 Å². The Balaban J connectivity index is 2.55. The minimum Gasteiger partial charge on any atom is -0.468 e. The van der Waals surface area contributed by atoms with Crippen molar-refractivity contribution < 1.29 is 9.53 Å². The molecule has 0 saturated heterocycles. The van der Waals surface area contributed by atoms with E-state index >= 15 is 0 Å². The molecule has 100 valence electrons. The first-order valence-electron chi connectivity index (χ1n) is 5.62. The Hall–Kier alpha value is -0.710. The quantitative estimate of drug-likeness (QED) is 0.817. The second kappa shape index (κ2) is 7.02. The van der Waals surface area contributed by atoms with E-state index in [4.69, 9.17) is 16.3 Å². The van der Waals surface area contributed by atoms with E-state index in [1.165, 1.54) is 7.11 Å². The van der Waals surface area contributed by atoms with Gasteiger partial charge >= 0.3 is 5.97 Å². The van der Waals surface area contributed by atoms with E-state index in [-0.39, 0.29) is 5.97 Å². The van der Waals surface area contributed by atoms with Gasteiger partial charge in [-0.1, -0.05) is 29.8 Å². The van der Waals surface area contributed by atoms with Gasteiger partial charge in [-0.05, 0) is 25.6 Å². The minimum atomic E-state index is -0.666. The number of carbonyl (C=O) groups excluding carboxylic acids is 1. The summed E-state index contributed by atoms with van der Waals surface area (Å²) in [6.45, 7) is 1.83. The van der Waals surface area contributed by atoms with Crippen molar-refractivity contribution in [2.45, 2.75) is 18.2 Å². The van der Waals surface area contributed by atoms with Gasteiger partial charge in [-0.15, -0.1) is 0 Å². The number of carbonyl (C=O) groups is 1. The van der Waals surface area contributed by atoms with Crippen LogP contribution in [0.4, 0.5) is 0 Å². The summed E-state index contributed by atoms with van der Waals surface area (Å²) in [5.74, 6) is 1.15. The van der Waals surface area contributed by atoms with Gasteiger partial charge in [-0.2, -0.15) is 11.8 Å². The maximum Gasteiger partial charge on any atom is 0.326 e. The first-order chi connectivity index (χ1) is 8.53. The lowest BCUT2D eigenvalue weighted by molar-refractivity contribution is -0.146. The minimum absolute atomic E-state index is 0.253. The molecule has 0 aliphatic rings. The third-order valence-electron chi connectivity index (χ3n) is 2.79. The number of benzene rings is 1. The van der Waals surface area contributed by atoms with Crippen LogP contribution < -0.4 is 5.32 Å². The van der Waals surface area contributed by atoms with Crippen molar-refractivity contribution in [3.8, 4) is 0 Å². The summed E-state index contributed by atoms with van der Waals surface area (Å²) in [6, 6.07) is 7.72. The van der Waals surface area contributed by atoms with E-state index < -0.39 is 5.54 Å². The van der Waals surface area contributed by atoms with Crippen LogP contribution in [0.2, 0.25) is 5.02 Å². The molecule has 18 heavy (non-hydrogen) atoms. The normalized spacial score (nSPS) is 14.0. The van der Waals surface area contributed by atoms with Crippen LogP contribution in [-0.4, -0.2) is 31.4 Å². The number of thioether (sulfide) groups is 1. The monoisotopic (exact) mass is 287 g/mol. The van der Waals surface area contributed by atoms with Gasteiger partial charge in [0.15, 0.2) is 0 Å². The van der Waals surface area contributed by atoms with Crippen LogP contribution in [0.1, 0.15) is 12.5 Å². The summed E-state index contributed by atoms with van der Waals surface area (Å²) in [5, 5.41) is 3.76. The van der Waals surface area contributed by atoms with Crippen molar-refractivity contribution >= 4 is 29.3 Å². The first kappa shape index (κ1) is 15.3. The number of methoxy groups -OCH3 is 1. The van der Waals surface area contributed by atoms with E-state index in [1.807, 2.05) is 31.2 Å². The summed E-state index contributed by atoms with van der Waals surface area (Å²) in [5.41, 5.74) is 0.410. The number of ether oxygens (including phenoxy) is 1. The number of nitrogens with one attached hydrogen (secondary N) is 1. The summed E-state index contributed by atoms with van der Waals surface area (Å²) < 4.78 is 4.79. The molecule has 0 aliphatic heterocycles. The van der Waals surface area contributed by atoms with Crippen LogP contribution in [0.15, 0.2) is 24.3 Å². The van der Waals surface area contributed by atoms with E-state index in [0.717, 1.165) is 16.3 Å². The van der Waals surface area contributed by atoms with E-state index in [1.54, 1.807) is 18.8 Å². The molecule has 1 atom stereocenters. The fraction of sp³-hybridized carbons (Fsp3) is 0.462. The highest BCUT2D eigenvalue weighted by Gasteiger charge is 2.32. The number of likely N-dealkylation sites (N-methyl/N-ethyl adjacent to an activating group) is 1. The van der Waals surface area contributed by atoms with Gasteiger partial charge in [0.25, 0.3) is 0 Å². The first-order valence-corrected chi connectivity index (χ1v) is 7.15. The SMILES string of the molecule is CNC(C)(CSCc1ccccc1Cl)C(=O)OC.